The van der Waals surface area contributed by atoms with Crippen LogP contribution in [0.2, 0.25) is 0 Å². The van der Waals surface area contributed by atoms with E-state index in [0.717, 1.165) is 16.5 Å². The third-order valence-electron chi connectivity index (χ3n) is 3.93. The number of nitrogens with one attached hydrogen (secondary N) is 1. The van der Waals surface area contributed by atoms with E-state index in [2.05, 4.69) is 10.2 Å². The Hall–Kier alpha value is -2.56. The molecule has 0 bridgehead atoms. The second-order valence-electron chi connectivity index (χ2n) is 6.16. The molecule has 1 amide bonds. The maximum Gasteiger partial charge on any atom is 0.294 e. The van der Waals surface area contributed by atoms with Crippen molar-refractivity contribution in [3.63, 3.8) is 0 Å². The number of aliphatic hydroxyl groups is 1. The Labute approximate surface area is 173 Å². The van der Waals surface area contributed by atoms with Crippen LogP contribution in [0.25, 0.3) is 10.8 Å². The third kappa shape index (κ3) is 8.14. The average molecular weight is 423 g/mol. The zero-order valence-electron chi connectivity index (χ0n) is 16.2. The number of ether oxygens (including phenoxy) is 1. The number of hydrogen-bond donors (Lipinski definition) is 2. The van der Waals surface area contributed by atoms with Gasteiger partial charge in [-0.2, -0.15) is 0 Å². The van der Waals surface area contributed by atoms with Crippen LogP contribution in [0.3, 0.4) is 0 Å². The molecule has 0 heterocycles. The number of nitrogens with zero attached hydrogens (tertiary/aromatic N) is 2. The van der Waals surface area contributed by atoms with E-state index in [-0.39, 0.29) is 19.1 Å². The maximum atomic E-state index is 11.6. The molecule has 158 valence electrons. The Morgan fingerprint density at radius 3 is 2.83 bits per heavy atom. The van der Waals surface area contributed by atoms with Crippen LogP contribution in [-0.4, -0.2) is 65.1 Å². The summed E-state index contributed by atoms with van der Waals surface area (Å²) >= 11 is 1.17. The second-order valence-corrected chi connectivity index (χ2v) is 7.26. The van der Waals surface area contributed by atoms with Gasteiger partial charge in [0.1, 0.15) is 25.1 Å². The van der Waals surface area contributed by atoms with Crippen molar-refractivity contribution in [1.82, 2.24) is 9.62 Å². The Kier molecular flexibility index (Phi) is 9.48. The lowest BCUT2D eigenvalue weighted by Gasteiger charge is -2.20. The van der Waals surface area contributed by atoms with Crippen molar-refractivity contribution in [3.8, 4) is 5.75 Å². The van der Waals surface area contributed by atoms with Gasteiger partial charge in [0.25, 0.3) is 5.09 Å². The van der Waals surface area contributed by atoms with Crippen molar-refractivity contribution >= 4 is 28.6 Å². The molecule has 2 aromatic rings. The predicted octanol–water partition coefficient (Wildman–Crippen LogP) is 1.87. The van der Waals surface area contributed by atoms with Gasteiger partial charge in [0.2, 0.25) is 5.91 Å². The van der Waals surface area contributed by atoms with Crippen LogP contribution in [0.1, 0.15) is 6.92 Å². The van der Waals surface area contributed by atoms with Crippen LogP contribution in [0.4, 0.5) is 0 Å². The molecular weight excluding hydrogens is 398 g/mol. The van der Waals surface area contributed by atoms with Gasteiger partial charge in [-0.05, 0) is 23.4 Å². The van der Waals surface area contributed by atoms with Gasteiger partial charge in [-0.1, -0.05) is 36.4 Å². The predicted molar refractivity (Wildman–Crippen MR) is 111 cm³/mol. The van der Waals surface area contributed by atoms with E-state index in [9.17, 15) is 20.0 Å². The fourth-order valence-electron chi connectivity index (χ4n) is 2.59. The lowest BCUT2D eigenvalue weighted by Crippen LogP contribution is -2.36. The maximum absolute atomic E-state index is 11.6. The number of fused-ring (bicyclic) bond motifs is 1. The zero-order chi connectivity index (χ0) is 21.1. The van der Waals surface area contributed by atoms with Crippen molar-refractivity contribution in [2.75, 3.05) is 38.6 Å². The Morgan fingerprint density at radius 2 is 2.07 bits per heavy atom. The van der Waals surface area contributed by atoms with Crippen molar-refractivity contribution in [1.29, 1.82) is 0 Å². The van der Waals surface area contributed by atoms with Gasteiger partial charge in [0, 0.05) is 37.7 Å². The SMILES string of the molecule is CC(=O)N(CCNCC(O)COc1cccc2ccccc12)SCCO[N+](=O)[O-]. The summed E-state index contributed by atoms with van der Waals surface area (Å²) in [5.41, 5.74) is 0. The summed E-state index contributed by atoms with van der Waals surface area (Å²) in [5.74, 6) is 0.859. The highest BCUT2D eigenvalue weighted by Gasteiger charge is 2.11. The molecular formula is C19H25N3O6S. The quantitative estimate of drug-likeness (QED) is 0.217. The zero-order valence-corrected chi connectivity index (χ0v) is 17.0. The van der Waals surface area contributed by atoms with Gasteiger partial charge in [-0.15, -0.1) is 10.1 Å². The Morgan fingerprint density at radius 1 is 1.31 bits per heavy atom. The Bertz CT molecular complexity index is 801. The molecule has 0 radical (unpaired) electrons. The van der Waals surface area contributed by atoms with Gasteiger partial charge in [-0.3, -0.25) is 9.10 Å². The largest absolute Gasteiger partial charge is 0.490 e. The van der Waals surface area contributed by atoms with Crippen LogP contribution >= 0.6 is 11.9 Å². The molecule has 2 N–H and O–H groups in total. The number of carbonyl (C=O) groups excluding carboxylic acids is 1. The normalized spacial score (nSPS) is 11.8. The van der Waals surface area contributed by atoms with Crippen molar-refractivity contribution < 1.29 is 24.6 Å². The van der Waals surface area contributed by atoms with Crippen LogP contribution in [0, 0.1) is 10.1 Å². The fraction of sp³-hybridized carbons (Fsp3) is 0.421. The minimum absolute atomic E-state index is 0.0842. The summed E-state index contributed by atoms with van der Waals surface area (Å²) in [4.78, 5) is 25.9. The molecule has 1 atom stereocenters. The standard InChI is InChI=1S/C19H25N3O6S/c1-15(23)21(29-12-11-28-22(25)26)10-9-20-13-17(24)14-27-19-8-4-6-16-5-2-3-7-18(16)19/h2-8,17,20,24H,9-14H2,1H3. The van der Waals surface area contributed by atoms with Gasteiger partial charge >= 0.3 is 0 Å². The lowest BCUT2D eigenvalue weighted by molar-refractivity contribution is -0.756. The molecule has 2 aromatic carbocycles. The number of hydrogen-bond acceptors (Lipinski definition) is 8. The van der Waals surface area contributed by atoms with E-state index in [1.54, 1.807) is 0 Å². The first-order valence-electron chi connectivity index (χ1n) is 9.15. The van der Waals surface area contributed by atoms with Crippen molar-refractivity contribution in [3.05, 3.63) is 52.6 Å². The molecule has 0 saturated carbocycles. The van der Waals surface area contributed by atoms with E-state index in [0.29, 0.717) is 25.4 Å². The Balaban J connectivity index is 1.67. The van der Waals surface area contributed by atoms with Crippen LogP contribution < -0.4 is 10.1 Å². The van der Waals surface area contributed by atoms with Crippen LogP contribution in [0.15, 0.2) is 42.5 Å². The number of benzene rings is 2. The molecule has 0 fully saturated rings. The molecule has 0 saturated heterocycles. The fourth-order valence-corrected chi connectivity index (χ4v) is 3.36. The molecule has 2 rings (SSSR count). The van der Waals surface area contributed by atoms with Gasteiger partial charge in [0.15, 0.2) is 0 Å². The van der Waals surface area contributed by atoms with Gasteiger partial charge in [0.05, 0.1) is 0 Å². The minimum Gasteiger partial charge on any atom is -0.490 e. The highest BCUT2D eigenvalue weighted by atomic mass is 32.2. The number of rotatable bonds is 13. The molecule has 1 unspecified atom stereocenters. The first-order chi connectivity index (χ1) is 14.0. The smallest absolute Gasteiger partial charge is 0.294 e. The molecule has 0 aliphatic rings. The summed E-state index contributed by atoms with van der Waals surface area (Å²) in [6, 6.07) is 13.7. The van der Waals surface area contributed by atoms with E-state index >= 15 is 0 Å². The third-order valence-corrected chi connectivity index (χ3v) is 5.03. The van der Waals surface area contributed by atoms with E-state index in [4.69, 9.17) is 4.74 Å². The second kappa shape index (κ2) is 12.1. The monoisotopic (exact) mass is 423 g/mol. The highest BCUT2D eigenvalue weighted by molar-refractivity contribution is 7.97. The van der Waals surface area contributed by atoms with E-state index < -0.39 is 11.2 Å². The summed E-state index contributed by atoms with van der Waals surface area (Å²) in [6.07, 6.45) is -0.708. The molecule has 0 spiro atoms. The topological polar surface area (TPSA) is 114 Å². The van der Waals surface area contributed by atoms with E-state index in [1.165, 1.54) is 23.2 Å². The molecule has 10 heteroatoms. The molecule has 29 heavy (non-hydrogen) atoms. The molecule has 0 aliphatic carbocycles. The summed E-state index contributed by atoms with van der Waals surface area (Å²) in [7, 11) is 0. The number of carbonyl (C=O) groups is 1. The highest BCUT2D eigenvalue weighted by Crippen LogP contribution is 2.25. The van der Waals surface area contributed by atoms with Crippen molar-refractivity contribution in [2.45, 2.75) is 13.0 Å². The molecule has 0 aromatic heterocycles. The number of aliphatic hydroxyl groups excluding tert-OH is 1. The van der Waals surface area contributed by atoms with Crippen molar-refractivity contribution in [2.24, 2.45) is 0 Å². The lowest BCUT2D eigenvalue weighted by atomic mass is 10.1. The first kappa shape index (κ1) is 22.7. The summed E-state index contributed by atoms with van der Waals surface area (Å²) < 4.78 is 7.25. The van der Waals surface area contributed by atoms with E-state index in [1.807, 2.05) is 42.5 Å². The van der Waals surface area contributed by atoms with Gasteiger partial charge < -0.3 is 20.0 Å². The summed E-state index contributed by atoms with van der Waals surface area (Å²) in [6.45, 7) is 2.66. The number of amides is 1. The van der Waals surface area contributed by atoms with Crippen LogP contribution in [-0.2, 0) is 9.63 Å². The van der Waals surface area contributed by atoms with Crippen LogP contribution in [0.5, 0.6) is 5.75 Å². The summed E-state index contributed by atoms with van der Waals surface area (Å²) in [5, 5.41) is 24.5. The first-order valence-corrected chi connectivity index (χ1v) is 10.1. The molecule has 9 nitrogen and oxygen atoms in total. The van der Waals surface area contributed by atoms with Gasteiger partial charge in [-0.25, -0.2) is 0 Å². The molecule has 0 aliphatic heterocycles. The average Bonchev–Trinajstić information content (AvgIpc) is 2.70. The minimum atomic E-state index is -0.859.